The van der Waals surface area contributed by atoms with Crippen LogP contribution in [0.3, 0.4) is 0 Å². The summed E-state index contributed by atoms with van der Waals surface area (Å²) in [5.41, 5.74) is 0.585. The van der Waals surface area contributed by atoms with Gasteiger partial charge in [-0.2, -0.15) is 0 Å². The van der Waals surface area contributed by atoms with Crippen molar-refractivity contribution in [2.45, 2.75) is 70.0 Å². The Morgan fingerprint density at radius 1 is 0.885 bits per heavy atom. The Morgan fingerprint density at radius 3 is 1.98 bits per heavy atom. The van der Waals surface area contributed by atoms with Gasteiger partial charge in [0.05, 0.1) is 43.7 Å². The lowest BCUT2D eigenvalue weighted by molar-refractivity contribution is -0.172. The Labute approximate surface area is 319 Å². The number of hydrogen-bond donors (Lipinski definition) is 1. The Kier molecular flexibility index (Phi) is 11.4. The number of aliphatic hydroxyl groups is 1. The molecule has 3 unspecified atom stereocenters. The van der Waals surface area contributed by atoms with Crippen molar-refractivity contribution in [3.8, 4) is 0 Å². The van der Waals surface area contributed by atoms with Crippen LogP contribution in [0.1, 0.15) is 70.0 Å². The molecule has 1 saturated heterocycles. The van der Waals surface area contributed by atoms with Crippen LogP contribution < -0.4 is 10.4 Å². The van der Waals surface area contributed by atoms with Crippen LogP contribution in [0, 0.1) is 17.3 Å². The highest BCUT2D eigenvalue weighted by Crippen LogP contribution is 2.55. The van der Waals surface area contributed by atoms with Gasteiger partial charge < -0.3 is 19.2 Å². The number of halogens is 2. The van der Waals surface area contributed by atoms with Crippen LogP contribution in [0.4, 0.5) is 0 Å². The maximum Gasteiger partial charge on any atom is 0.312 e. The van der Waals surface area contributed by atoms with Crippen LogP contribution in [0.25, 0.3) is 0 Å². The Hall–Kier alpha value is -3.46. The van der Waals surface area contributed by atoms with Gasteiger partial charge in [0, 0.05) is 16.0 Å². The predicted molar refractivity (Wildman–Crippen MR) is 211 cm³/mol. The molecule has 1 N–H and O–H groups in total. The standard InChI is InChI=1S/C43H49Cl2NO5Si/c1-42(2,3)52(34-15-8-6-9-16-34,35-17-10-7-11-18-35)51-28-38(29-19-20-29)46-39(30-21-23-32(44)24-22-30)36(31-13-12-14-33(45)25-31)26-43(4,41(46)49)37(27-47)40(48)50-5/h6-18,21-25,29,36-39,47H,19-20,26-28H2,1-5H3/t36?,37?,38-,39?,43-/m1/s1. The summed E-state index contributed by atoms with van der Waals surface area (Å²) in [4.78, 5) is 30.9. The third kappa shape index (κ3) is 7.23. The molecule has 4 aromatic carbocycles. The maximum atomic E-state index is 15.5. The molecule has 1 heterocycles. The van der Waals surface area contributed by atoms with E-state index in [1.807, 2.05) is 72.5 Å². The van der Waals surface area contributed by atoms with E-state index in [-0.39, 0.29) is 28.8 Å². The number of likely N-dealkylation sites (tertiary alicyclic amines) is 1. The van der Waals surface area contributed by atoms with E-state index in [1.165, 1.54) is 7.11 Å². The molecule has 0 radical (unpaired) electrons. The summed E-state index contributed by atoms with van der Waals surface area (Å²) in [6.45, 7) is 8.34. The summed E-state index contributed by atoms with van der Waals surface area (Å²) in [6.07, 6.45) is 2.19. The normalized spacial score (nSPS) is 22.2. The smallest absolute Gasteiger partial charge is 0.312 e. The number of amides is 1. The molecule has 4 aromatic rings. The first-order valence-electron chi connectivity index (χ1n) is 18.1. The summed E-state index contributed by atoms with van der Waals surface area (Å²) in [5, 5.41) is 14.0. The first-order valence-corrected chi connectivity index (χ1v) is 20.8. The number of hydrogen-bond acceptors (Lipinski definition) is 5. The van der Waals surface area contributed by atoms with Gasteiger partial charge in [-0.1, -0.05) is 129 Å². The van der Waals surface area contributed by atoms with Crippen molar-refractivity contribution in [3.05, 3.63) is 130 Å². The van der Waals surface area contributed by atoms with Crippen LogP contribution in [0.5, 0.6) is 0 Å². The molecule has 5 atom stereocenters. The van der Waals surface area contributed by atoms with Gasteiger partial charge >= 0.3 is 5.97 Å². The summed E-state index contributed by atoms with van der Waals surface area (Å²) in [5.74, 6) is -1.98. The molecular weight excluding hydrogens is 709 g/mol. The first-order chi connectivity index (χ1) is 24.9. The van der Waals surface area contributed by atoms with Crippen molar-refractivity contribution in [2.24, 2.45) is 17.3 Å². The van der Waals surface area contributed by atoms with Gasteiger partial charge in [0.25, 0.3) is 8.32 Å². The van der Waals surface area contributed by atoms with Crippen LogP contribution >= 0.6 is 23.2 Å². The van der Waals surface area contributed by atoms with Crippen molar-refractivity contribution in [1.29, 1.82) is 0 Å². The number of ether oxygens (including phenoxy) is 1. The molecule has 6 rings (SSSR count). The number of benzene rings is 4. The summed E-state index contributed by atoms with van der Waals surface area (Å²) in [7, 11) is -1.69. The van der Waals surface area contributed by atoms with Gasteiger partial charge in [-0.05, 0) is 82.9 Å². The SMILES string of the molecule is COC(=O)C(CO)[C@@]1(C)CC(c2cccc(Cl)c2)C(c2ccc(Cl)cc2)N([C@H](CO[Si](c2ccccc2)(c2ccccc2)C(C)(C)C)C2CC2)C1=O. The highest BCUT2D eigenvalue weighted by Gasteiger charge is 2.59. The zero-order chi connectivity index (χ0) is 37.3. The Bertz CT molecular complexity index is 1810. The highest BCUT2D eigenvalue weighted by molar-refractivity contribution is 6.99. The van der Waals surface area contributed by atoms with E-state index in [2.05, 4.69) is 69.3 Å². The Morgan fingerprint density at radius 2 is 1.48 bits per heavy atom. The molecule has 9 heteroatoms. The quantitative estimate of drug-likeness (QED) is 0.117. The maximum absolute atomic E-state index is 15.5. The van der Waals surface area contributed by atoms with Crippen LogP contribution in [-0.4, -0.2) is 56.6 Å². The summed E-state index contributed by atoms with van der Waals surface area (Å²) >= 11 is 13.1. The molecule has 2 aliphatic rings. The molecule has 6 nitrogen and oxygen atoms in total. The fourth-order valence-electron chi connectivity index (χ4n) is 8.58. The van der Waals surface area contributed by atoms with Crippen LogP contribution in [0.2, 0.25) is 15.1 Å². The van der Waals surface area contributed by atoms with Gasteiger partial charge in [0.2, 0.25) is 5.91 Å². The molecule has 274 valence electrons. The van der Waals surface area contributed by atoms with Crippen LogP contribution in [-0.2, 0) is 18.8 Å². The molecule has 0 aromatic heterocycles. The number of piperidine rings is 1. The van der Waals surface area contributed by atoms with Crippen molar-refractivity contribution in [3.63, 3.8) is 0 Å². The van der Waals surface area contributed by atoms with Crippen molar-refractivity contribution < 1.29 is 23.9 Å². The molecule has 0 bridgehead atoms. The third-order valence-corrected chi connectivity index (χ3v) is 16.9. The number of nitrogens with zero attached hydrogens (tertiary/aromatic N) is 1. The third-order valence-electron chi connectivity index (χ3n) is 11.4. The average molecular weight is 759 g/mol. The minimum atomic E-state index is -2.99. The summed E-state index contributed by atoms with van der Waals surface area (Å²) < 4.78 is 12.8. The molecular formula is C43H49Cl2NO5Si. The topological polar surface area (TPSA) is 76.1 Å². The second-order valence-corrected chi connectivity index (χ2v) is 20.8. The lowest BCUT2D eigenvalue weighted by Crippen LogP contribution is -2.68. The molecule has 1 aliphatic heterocycles. The molecule has 1 saturated carbocycles. The minimum absolute atomic E-state index is 0.185. The monoisotopic (exact) mass is 757 g/mol. The highest BCUT2D eigenvalue weighted by atomic mass is 35.5. The van der Waals surface area contributed by atoms with Gasteiger partial charge in [0.1, 0.15) is 0 Å². The lowest BCUT2D eigenvalue weighted by atomic mass is 9.63. The van der Waals surface area contributed by atoms with Gasteiger partial charge in [-0.3, -0.25) is 9.59 Å². The fourth-order valence-corrected chi connectivity index (χ4v) is 13.5. The number of methoxy groups -OCH3 is 1. The fraction of sp³-hybridized carbons (Fsp3) is 0.395. The summed E-state index contributed by atoms with van der Waals surface area (Å²) in [6, 6.07) is 35.7. The van der Waals surface area contributed by atoms with E-state index in [4.69, 9.17) is 32.4 Å². The van der Waals surface area contributed by atoms with Gasteiger partial charge in [-0.25, -0.2) is 0 Å². The Balaban J connectivity index is 1.55. The van der Waals surface area contributed by atoms with E-state index in [0.717, 1.165) is 34.3 Å². The molecule has 0 spiro atoms. The number of esters is 1. The lowest BCUT2D eigenvalue weighted by Gasteiger charge is -2.54. The zero-order valence-corrected chi connectivity index (χ0v) is 33.1. The average Bonchev–Trinajstić information content (AvgIpc) is 3.98. The van der Waals surface area contributed by atoms with E-state index in [0.29, 0.717) is 23.1 Å². The van der Waals surface area contributed by atoms with E-state index < -0.39 is 38.3 Å². The number of aliphatic hydroxyl groups excluding tert-OH is 1. The second kappa shape index (κ2) is 15.5. The number of carbonyl (C=O) groups is 2. The molecule has 2 fully saturated rings. The minimum Gasteiger partial charge on any atom is -0.469 e. The van der Waals surface area contributed by atoms with E-state index in [9.17, 15) is 9.90 Å². The van der Waals surface area contributed by atoms with Gasteiger partial charge in [0.15, 0.2) is 0 Å². The zero-order valence-electron chi connectivity index (χ0n) is 30.6. The molecule has 1 aliphatic carbocycles. The van der Waals surface area contributed by atoms with Crippen LogP contribution in [0.15, 0.2) is 109 Å². The number of carbonyl (C=O) groups excluding carboxylic acids is 2. The van der Waals surface area contributed by atoms with E-state index >= 15 is 4.79 Å². The second-order valence-electron chi connectivity index (χ2n) is 15.6. The van der Waals surface area contributed by atoms with Crippen molar-refractivity contribution in [1.82, 2.24) is 4.90 Å². The molecule has 1 amide bonds. The van der Waals surface area contributed by atoms with E-state index in [1.54, 1.807) is 0 Å². The first kappa shape index (κ1) is 38.3. The van der Waals surface area contributed by atoms with Crippen molar-refractivity contribution >= 4 is 53.8 Å². The largest absolute Gasteiger partial charge is 0.469 e. The molecule has 52 heavy (non-hydrogen) atoms. The predicted octanol–water partition coefficient (Wildman–Crippen LogP) is 8.19. The number of rotatable bonds is 12. The van der Waals surface area contributed by atoms with Crippen molar-refractivity contribution in [2.75, 3.05) is 20.3 Å². The van der Waals surface area contributed by atoms with Gasteiger partial charge in [-0.15, -0.1) is 0 Å².